The minimum Gasteiger partial charge on any atom is -0.484 e. The van der Waals surface area contributed by atoms with Crippen molar-refractivity contribution in [3.8, 4) is 5.75 Å². The quantitative estimate of drug-likeness (QED) is 0.314. The molecule has 4 amide bonds. The van der Waals surface area contributed by atoms with Gasteiger partial charge in [0.25, 0.3) is 11.8 Å². The molecule has 10 nitrogen and oxygen atoms in total. The molecule has 4 rings (SSSR count). The Bertz CT molecular complexity index is 1200. The molecule has 2 aromatic carbocycles. The minimum atomic E-state index is -4.46. The molecule has 0 fully saturated rings. The fourth-order valence-corrected chi connectivity index (χ4v) is 3.79. The Kier molecular flexibility index (Phi) is 9.69. The summed E-state index contributed by atoms with van der Waals surface area (Å²) in [6.45, 7) is 2.15. The number of halogens is 2. The molecule has 2 heterocycles. The molecule has 2 atom stereocenters. The van der Waals surface area contributed by atoms with E-state index >= 15 is 8.78 Å². The third kappa shape index (κ3) is 8.06. The molecule has 0 unspecified atom stereocenters. The van der Waals surface area contributed by atoms with Gasteiger partial charge in [-0.3, -0.25) is 24.0 Å². The van der Waals surface area contributed by atoms with Gasteiger partial charge in [-0.2, -0.15) is 8.78 Å². The van der Waals surface area contributed by atoms with Crippen LogP contribution in [0.25, 0.3) is 0 Å². The fraction of sp³-hybridized carbons (Fsp3) is 0.370. The van der Waals surface area contributed by atoms with Gasteiger partial charge in [-0.15, -0.1) is 0 Å². The molecule has 0 saturated carbocycles. The summed E-state index contributed by atoms with van der Waals surface area (Å²) in [4.78, 5) is 62.9. The number of fused-ring (bicyclic) bond motifs is 13. The third-order valence-electron chi connectivity index (χ3n) is 5.97. The number of rotatable bonds is 6. The summed E-state index contributed by atoms with van der Waals surface area (Å²) in [6.07, 6.45) is -0.369. The highest BCUT2D eigenvalue weighted by Crippen LogP contribution is 2.21. The van der Waals surface area contributed by atoms with E-state index in [1.807, 2.05) is 0 Å². The average molecular weight is 545 g/mol. The van der Waals surface area contributed by atoms with E-state index in [2.05, 4.69) is 21.3 Å². The van der Waals surface area contributed by atoms with Crippen molar-refractivity contribution in [2.75, 3.05) is 13.2 Å². The van der Waals surface area contributed by atoms with Crippen LogP contribution >= 0.6 is 0 Å². The zero-order valence-electron chi connectivity index (χ0n) is 21.5. The van der Waals surface area contributed by atoms with Gasteiger partial charge in [-0.25, -0.2) is 0 Å². The maximum atomic E-state index is 15.1. The second kappa shape index (κ2) is 12.9. The van der Waals surface area contributed by atoms with E-state index in [1.54, 1.807) is 44.2 Å². The molecule has 0 aromatic heterocycles. The zero-order chi connectivity index (χ0) is 28.6. The van der Waals surface area contributed by atoms with Crippen LogP contribution in [0.2, 0.25) is 0 Å². The first-order valence-corrected chi connectivity index (χ1v) is 12.3. The van der Waals surface area contributed by atoms with Crippen molar-refractivity contribution in [1.82, 2.24) is 21.3 Å². The number of benzene rings is 2. The molecule has 2 aromatic rings. The largest absolute Gasteiger partial charge is 0.484 e. The molecule has 12 heteroatoms. The molecule has 0 radical (unpaired) electrons. The van der Waals surface area contributed by atoms with Crippen LogP contribution in [-0.4, -0.2) is 60.6 Å². The Morgan fingerprint density at radius 1 is 1.00 bits per heavy atom. The van der Waals surface area contributed by atoms with Crippen LogP contribution < -0.4 is 26.0 Å². The molecule has 39 heavy (non-hydrogen) atoms. The van der Waals surface area contributed by atoms with Gasteiger partial charge in [0.1, 0.15) is 11.8 Å². The van der Waals surface area contributed by atoms with E-state index in [9.17, 15) is 24.0 Å². The average Bonchev–Trinajstić information content (AvgIpc) is 2.92. The Morgan fingerprint density at radius 2 is 1.67 bits per heavy atom. The Morgan fingerprint density at radius 3 is 2.31 bits per heavy atom. The Hall–Kier alpha value is -4.35. The van der Waals surface area contributed by atoms with Crippen LogP contribution in [0.1, 0.15) is 25.0 Å². The number of ether oxygens (including phenoxy) is 1. The molecule has 2 bridgehead atoms. The van der Waals surface area contributed by atoms with Gasteiger partial charge in [0.2, 0.25) is 17.6 Å². The van der Waals surface area contributed by atoms with Crippen molar-refractivity contribution in [1.29, 1.82) is 0 Å². The second-order valence-corrected chi connectivity index (χ2v) is 9.37. The minimum absolute atomic E-state index is 0.223. The fourth-order valence-electron chi connectivity index (χ4n) is 3.79. The first-order chi connectivity index (χ1) is 18.5. The smallest absolute Gasteiger partial charge is 0.383 e. The van der Waals surface area contributed by atoms with Crippen molar-refractivity contribution < 1.29 is 37.5 Å². The van der Waals surface area contributed by atoms with Gasteiger partial charge in [0, 0.05) is 13.0 Å². The van der Waals surface area contributed by atoms with E-state index in [0.717, 1.165) is 0 Å². The van der Waals surface area contributed by atoms with Crippen LogP contribution in [0.5, 0.6) is 5.75 Å². The molecule has 2 aliphatic rings. The topological polar surface area (TPSA) is 143 Å². The van der Waals surface area contributed by atoms with Gasteiger partial charge in [0.05, 0.1) is 12.6 Å². The van der Waals surface area contributed by atoms with Gasteiger partial charge in [0.15, 0.2) is 6.61 Å². The number of alkyl halides is 2. The van der Waals surface area contributed by atoms with E-state index in [4.69, 9.17) is 4.74 Å². The maximum Gasteiger partial charge on any atom is 0.383 e. The van der Waals surface area contributed by atoms with E-state index < -0.39 is 59.9 Å². The van der Waals surface area contributed by atoms with Crippen molar-refractivity contribution in [2.24, 2.45) is 5.92 Å². The molecule has 0 saturated heterocycles. The summed E-state index contributed by atoms with van der Waals surface area (Å²) in [7, 11) is 0. The highest BCUT2D eigenvalue weighted by molar-refractivity contribution is 6.10. The first kappa shape index (κ1) is 29.2. The Labute approximate surface area is 223 Å². The summed E-state index contributed by atoms with van der Waals surface area (Å²) in [6, 6.07) is 11.2. The van der Waals surface area contributed by atoms with Crippen molar-refractivity contribution in [3.05, 3.63) is 65.7 Å². The molecular formula is C27H30F2N4O6. The van der Waals surface area contributed by atoms with Crippen LogP contribution in [0, 0.1) is 5.92 Å². The number of hydrogen-bond donors (Lipinski definition) is 4. The number of ketones is 1. The first-order valence-electron chi connectivity index (χ1n) is 12.3. The van der Waals surface area contributed by atoms with Gasteiger partial charge >= 0.3 is 5.92 Å². The van der Waals surface area contributed by atoms with Gasteiger partial charge in [-0.1, -0.05) is 56.3 Å². The molecule has 208 valence electrons. The van der Waals surface area contributed by atoms with E-state index in [0.29, 0.717) is 11.1 Å². The second-order valence-electron chi connectivity index (χ2n) is 9.37. The highest BCUT2D eigenvalue weighted by atomic mass is 19.3. The number of carbonyl (C=O) groups is 5. The maximum absolute atomic E-state index is 15.1. The van der Waals surface area contributed by atoms with Gasteiger partial charge in [-0.05, 0) is 29.2 Å². The molecule has 0 spiro atoms. The normalized spacial score (nSPS) is 18.9. The summed E-state index contributed by atoms with van der Waals surface area (Å²) in [5.41, 5.74) is 0.935. The Balaban J connectivity index is 1.87. The standard InChI is InChI=1S/C27H30F2N4O6/c1-16(2)23-25(37)32-20(24(36)27(28,29)26(38)31-13-18-6-4-3-5-7-18)12-17-8-10-19(11-9-17)39-15-22(35)30-14-21(34)33-23/h3-11,16,20,23H,12-15H2,1-2H3,(H,30,35)(H,31,38)(H,32,37)(H,33,34)/t20-,23-/m0/s1. The van der Waals surface area contributed by atoms with Crippen molar-refractivity contribution in [3.63, 3.8) is 0 Å². The lowest BCUT2D eigenvalue weighted by Crippen LogP contribution is -2.59. The SMILES string of the molecule is CC(C)[C@@H]1NC(=O)CNC(=O)COc2ccc(cc2)C[C@@H](C(=O)C(F)(F)C(=O)NCc2ccccc2)NC1=O. The van der Waals surface area contributed by atoms with E-state index in [-0.39, 0.29) is 25.3 Å². The van der Waals surface area contributed by atoms with Crippen LogP contribution in [0.15, 0.2) is 54.6 Å². The number of amides is 4. The molecular weight excluding hydrogens is 514 g/mol. The lowest BCUT2D eigenvalue weighted by atomic mass is 9.96. The number of carbonyl (C=O) groups excluding carboxylic acids is 5. The third-order valence-corrected chi connectivity index (χ3v) is 5.97. The van der Waals surface area contributed by atoms with Crippen LogP contribution in [-0.2, 0) is 36.9 Å². The summed E-state index contributed by atoms with van der Waals surface area (Å²) in [5, 5.41) is 9.16. The molecule has 0 aliphatic carbocycles. The predicted molar refractivity (Wildman–Crippen MR) is 136 cm³/mol. The number of Topliss-reactive ketones (excluding diaryl/α,β-unsaturated/α-hetero) is 1. The summed E-state index contributed by atoms with van der Waals surface area (Å²) >= 11 is 0. The summed E-state index contributed by atoms with van der Waals surface area (Å²) in [5.74, 6) is -10.5. The van der Waals surface area contributed by atoms with Crippen molar-refractivity contribution >= 4 is 29.4 Å². The van der Waals surface area contributed by atoms with Gasteiger partial charge < -0.3 is 26.0 Å². The van der Waals surface area contributed by atoms with Crippen LogP contribution in [0.4, 0.5) is 8.78 Å². The monoisotopic (exact) mass is 544 g/mol. The predicted octanol–water partition coefficient (Wildman–Crippen LogP) is 0.884. The summed E-state index contributed by atoms with van der Waals surface area (Å²) < 4.78 is 35.6. The lowest BCUT2D eigenvalue weighted by Gasteiger charge is -2.27. The van der Waals surface area contributed by atoms with E-state index in [1.165, 1.54) is 24.3 Å². The number of hydrogen-bond acceptors (Lipinski definition) is 6. The molecule has 2 aliphatic heterocycles. The van der Waals surface area contributed by atoms with Crippen LogP contribution in [0.3, 0.4) is 0 Å². The number of nitrogens with one attached hydrogen (secondary N) is 4. The lowest BCUT2D eigenvalue weighted by molar-refractivity contribution is -0.160. The zero-order valence-corrected chi connectivity index (χ0v) is 21.5. The molecule has 4 N–H and O–H groups in total. The highest BCUT2D eigenvalue weighted by Gasteiger charge is 2.50. The van der Waals surface area contributed by atoms with Crippen molar-refractivity contribution in [2.45, 2.75) is 44.8 Å².